The number of rotatable bonds is 6. The third-order valence-corrected chi connectivity index (χ3v) is 12.9. The van der Waals surface area contributed by atoms with Crippen LogP contribution in [0.25, 0.3) is 39.0 Å². The lowest BCUT2D eigenvalue weighted by Crippen LogP contribution is -2.19. The van der Waals surface area contributed by atoms with Crippen molar-refractivity contribution in [3.05, 3.63) is 209 Å². The number of nitrogens with zero attached hydrogens (tertiary/aromatic N) is 1. The second-order valence-corrected chi connectivity index (χ2v) is 16.8. The number of hydrogen-bond acceptors (Lipinski definition) is 1. The summed E-state index contributed by atoms with van der Waals surface area (Å²) in [5.41, 5.74) is 21.4. The van der Waals surface area contributed by atoms with Gasteiger partial charge in [0.05, 0.1) is 0 Å². The van der Waals surface area contributed by atoms with Crippen LogP contribution >= 0.6 is 0 Å². The topological polar surface area (TPSA) is 3.24 Å². The molecular weight excluding hydrogens is 663 g/mol. The average Bonchev–Trinajstić information content (AvgIpc) is 3.60. The van der Waals surface area contributed by atoms with Crippen molar-refractivity contribution in [3.63, 3.8) is 0 Å². The van der Waals surface area contributed by atoms with Gasteiger partial charge in [-0.25, -0.2) is 0 Å². The quantitative estimate of drug-likeness (QED) is 0.166. The van der Waals surface area contributed by atoms with Gasteiger partial charge in [0.15, 0.2) is 0 Å². The summed E-state index contributed by atoms with van der Waals surface area (Å²) in [5, 5.41) is 0. The Kier molecular flexibility index (Phi) is 7.86. The van der Waals surface area contributed by atoms with Crippen molar-refractivity contribution in [2.45, 2.75) is 63.7 Å². The van der Waals surface area contributed by atoms with E-state index in [-0.39, 0.29) is 10.8 Å². The lowest BCUT2D eigenvalue weighted by Gasteiger charge is -2.31. The summed E-state index contributed by atoms with van der Waals surface area (Å²) in [7, 11) is 0. The normalized spacial score (nSPS) is 18.3. The van der Waals surface area contributed by atoms with Gasteiger partial charge in [-0.2, -0.15) is 0 Å². The molecule has 10 rings (SSSR count). The van der Waals surface area contributed by atoms with Crippen LogP contribution in [0.15, 0.2) is 181 Å². The van der Waals surface area contributed by atoms with Crippen LogP contribution in [0.3, 0.4) is 0 Å². The third-order valence-electron chi connectivity index (χ3n) is 12.9. The molecule has 0 radical (unpaired) electrons. The molecule has 0 fully saturated rings. The first kappa shape index (κ1) is 33.6. The predicted octanol–water partition coefficient (Wildman–Crippen LogP) is 14.5. The van der Waals surface area contributed by atoms with E-state index in [9.17, 15) is 0 Å². The van der Waals surface area contributed by atoms with Crippen LogP contribution in [0.2, 0.25) is 0 Å². The molecule has 4 aliphatic rings. The Labute approximate surface area is 326 Å². The Bertz CT molecular complexity index is 2590. The summed E-state index contributed by atoms with van der Waals surface area (Å²) in [6, 6.07) is 52.0. The van der Waals surface area contributed by atoms with E-state index in [0.717, 1.165) is 19.3 Å². The van der Waals surface area contributed by atoms with Gasteiger partial charge in [0, 0.05) is 33.8 Å². The molecule has 268 valence electrons. The molecule has 0 amide bonds. The van der Waals surface area contributed by atoms with Gasteiger partial charge in [-0.1, -0.05) is 161 Å². The first-order valence-electron chi connectivity index (χ1n) is 20.0. The summed E-state index contributed by atoms with van der Waals surface area (Å²) in [6.45, 7) is 9.59. The second-order valence-electron chi connectivity index (χ2n) is 16.8. The largest absolute Gasteiger partial charge is 0.311 e. The summed E-state index contributed by atoms with van der Waals surface area (Å²) in [5.74, 6) is 0.354. The molecule has 0 spiro atoms. The van der Waals surface area contributed by atoms with E-state index >= 15 is 0 Å². The minimum atomic E-state index is -0.143. The molecule has 0 aromatic heterocycles. The van der Waals surface area contributed by atoms with E-state index in [1.54, 1.807) is 5.57 Å². The highest BCUT2D eigenvalue weighted by molar-refractivity contribution is 5.87. The van der Waals surface area contributed by atoms with Gasteiger partial charge in [-0.05, 0) is 128 Å². The number of anilines is 2. The minimum Gasteiger partial charge on any atom is -0.311 e. The zero-order valence-electron chi connectivity index (χ0n) is 32.3. The predicted molar refractivity (Wildman–Crippen MR) is 233 cm³/mol. The van der Waals surface area contributed by atoms with Crippen LogP contribution in [-0.2, 0) is 10.8 Å². The molecule has 6 aromatic carbocycles. The molecule has 1 atom stereocenters. The highest BCUT2D eigenvalue weighted by atomic mass is 15.1. The highest BCUT2D eigenvalue weighted by Gasteiger charge is 2.38. The molecular formula is C54H47N. The lowest BCUT2D eigenvalue weighted by atomic mass is 9.78. The third kappa shape index (κ3) is 5.51. The van der Waals surface area contributed by atoms with Crippen LogP contribution in [0, 0.1) is 0 Å². The Morgan fingerprint density at radius 2 is 1.15 bits per heavy atom. The van der Waals surface area contributed by atoms with E-state index in [1.165, 1.54) is 83.8 Å². The van der Waals surface area contributed by atoms with Gasteiger partial charge < -0.3 is 4.90 Å². The highest BCUT2D eigenvalue weighted by Crippen LogP contribution is 2.53. The SMILES string of the molecule is CC1(C)C2=C(CCC=C2)c2ccc(C3C=CC(N(c4ccccc4)c4ccc5c(c4)C(C)(C)c4cc(-c6ccc(-c7ccccc7)cc6)ccc4-5)=CC3)cc21. The van der Waals surface area contributed by atoms with Crippen molar-refractivity contribution < 1.29 is 0 Å². The van der Waals surface area contributed by atoms with Crippen LogP contribution in [0.1, 0.15) is 80.7 Å². The van der Waals surface area contributed by atoms with Gasteiger partial charge in [0.1, 0.15) is 0 Å². The van der Waals surface area contributed by atoms with E-state index in [4.69, 9.17) is 0 Å². The average molecular weight is 710 g/mol. The van der Waals surface area contributed by atoms with Crippen LogP contribution in [-0.4, -0.2) is 0 Å². The molecule has 0 aliphatic heterocycles. The molecule has 0 saturated heterocycles. The van der Waals surface area contributed by atoms with E-state index < -0.39 is 0 Å². The van der Waals surface area contributed by atoms with E-state index in [1.807, 2.05) is 0 Å². The Morgan fingerprint density at radius 3 is 1.87 bits per heavy atom. The Balaban J connectivity index is 0.949. The zero-order valence-corrected chi connectivity index (χ0v) is 32.3. The molecule has 0 N–H and O–H groups in total. The van der Waals surface area contributed by atoms with Crippen LogP contribution < -0.4 is 4.90 Å². The fourth-order valence-corrected chi connectivity index (χ4v) is 9.82. The van der Waals surface area contributed by atoms with E-state index in [2.05, 4.69) is 203 Å². The van der Waals surface area contributed by atoms with Crippen LogP contribution in [0.5, 0.6) is 0 Å². The molecule has 6 aromatic rings. The molecule has 1 nitrogen and oxygen atoms in total. The van der Waals surface area contributed by atoms with Crippen molar-refractivity contribution in [3.8, 4) is 33.4 Å². The number of allylic oxidation sites excluding steroid dienone is 7. The first-order valence-corrected chi connectivity index (χ1v) is 20.0. The standard InChI is InChI=1S/C54H47N/c1-53(2)49-18-12-11-17-45(49)46-30-25-41(33-50(46)53)39-23-27-43(28-24-39)55(42-15-9-6-10-16-42)44-29-32-48-47-31-26-40(34-51(47)54(3,4)52(48)35-44)38-21-19-37(20-22-38)36-13-7-5-8-14-36/h5-10,12-16,18-23,25-35,39H,11,17,24H2,1-4H3. The molecule has 4 aliphatic carbocycles. The Hall–Kier alpha value is -5.92. The molecule has 0 heterocycles. The lowest BCUT2D eigenvalue weighted by molar-refractivity contribution is 0.649. The number of para-hydroxylation sites is 1. The fourth-order valence-electron chi connectivity index (χ4n) is 9.82. The summed E-state index contributed by atoms with van der Waals surface area (Å²) < 4.78 is 0. The molecule has 55 heavy (non-hydrogen) atoms. The van der Waals surface area contributed by atoms with Crippen molar-refractivity contribution in [1.29, 1.82) is 0 Å². The van der Waals surface area contributed by atoms with E-state index in [0.29, 0.717) is 5.92 Å². The summed E-state index contributed by atoms with van der Waals surface area (Å²) >= 11 is 0. The minimum absolute atomic E-state index is 0.0534. The summed E-state index contributed by atoms with van der Waals surface area (Å²) in [4.78, 5) is 2.45. The maximum absolute atomic E-state index is 2.51. The molecule has 1 unspecified atom stereocenters. The smallest absolute Gasteiger partial charge is 0.0464 e. The first-order chi connectivity index (χ1) is 26.8. The fraction of sp³-hybridized carbons (Fsp3) is 0.185. The van der Waals surface area contributed by atoms with Gasteiger partial charge in [-0.15, -0.1) is 0 Å². The van der Waals surface area contributed by atoms with Gasteiger partial charge in [0.2, 0.25) is 0 Å². The van der Waals surface area contributed by atoms with Gasteiger partial charge >= 0.3 is 0 Å². The van der Waals surface area contributed by atoms with Crippen molar-refractivity contribution >= 4 is 16.9 Å². The van der Waals surface area contributed by atoms with Gasteiger partial charge in [0.25, 0.3) is 0 Å². The van der Waals surface area contributed by atoms with Crippen molar-refractivity contribution in [1.82, 2.24) is 0 Å². The maximum atomic E-state index is 2.51. The molecule has 1 heteroatoms. The monoisotopic (exact) mass is 709 g/mol. The number of hydrogen-bond donors (Lipinski definition) is 0. The zero-order chi connectivity index (χ0) is 37.3. The number of fused-ring (bicyclic) bond motifs is 5. The molecule has 0 saturated carbocycles. The van der Waals surface area contributed by atoms with Crippen molar-refractivity contribution in [2.24, 2.45) is 0 Å². The molecule has 0 bridgehead atoms. The van der Waals surface area contributed by atoms with Gasteiger partial charge in [-0.3, -0.25) is 0 Å². The number of benzene rings is 6. The maximum Gasteiger partial charge on any atom is 0.0464 e. The Morgan fingerprint density at radius 1 is 0.527 bits per heavy atom. The van der Waals surface area contributed by atoms with Crippen LogP contribution in [0.4, 0.5) is 11.4 Å². The van der Waals surface area contributed by atoms with Crippen molar-refractivity contribution in [2.75, 3.05) is 4.90 Å². The second kappa shape index (κ2) is 12.8. The summed E-state index contributed by atoms with van der Waals surface area (Å²) in [6.07, 6.45) is 15.2.